The number of hydrogen-bond donors (Lipinski definition) is 2. The number of amides is 1. The summed E-state index contributed by atoms with van der Waals surface area (Å²) >= 11 is 0. The molecule has 164 valence electrons. The van der Waals surface area contributed by atoms with E-state index in [2.05, 4.69) is 10.3 Å². The molecule has 6 nitrogen and oxygen atoms in total. The van der Waals surface area contributed by atoms with Crippen LogP contribution < -0.4 is 10.1 Å². The molecule has 9 heteroatoms. The van der Waals surface area contributed by atoms with Crippen molar-refractivity contribution in [2.24, 2.45) is 0 Å². The number of rotatable bonds is 8. The molecule has 0 unspecified atom stereocenters. The van der Waals surface area contributed by atoms with Gasteiger partial charge >= 0.3 is 12.1 Å². The first-order valence-electron chi connectivity index (χ1n) is 9.51. The smallest absolute Gasteiger partial charge is 0.389 e. The molecule has 0 aliphatic rings. The third-order valence-corrected chi connectivity index (χ3v) is 4.62. The van der Waals surface area contributed by atoms with E-state index in [-0.39, 0.29) is 12.3 Å². The van der Waals surface area contributed by atoms with Gasteiger partial charge in [-0.15, -0.1) is 0 Å². The Morgan fingerprint density at radius 3 is 2.52 bits per heavy atom. The van der Waals surface area contributed by atoms with E-state index in [1.807, 2.05) is 0 Å². The van der Waals surface area contributed by atoms with Crippen molar-refractivity contribution in [3.63, 3.8) is 0 Å². The summed E-state index contributed by atoms with van der Waals surface area (Å²) in [5.74, 6) is -1.12. The molecule has 0 saturated carbocycles. The second-order valence-corrected chi connectivity index (χ2v) is 6.88. The number of methoxy groups -OCH3 is 1. The third-order valence-electron chi connectivity index (χ3n) is 4.62. The maximum atomic E-state index is 12.7. The molecule has 0 radical (unpaired) electrons. The molecule has 1 heterocycles. The van der Waals surface area contributed by atoms with E-state index in [0.717, 1.165) is 0 Å². The maximum Gasteiger partial charge on any atom is 0.389 e. The zero-order valence-electron chi connectivity index (χ0n) is 16.7. The Kier molecular flexibility index (Phi) is 6.84. The van der Waals surface area contributed by atoms with Crippen molar-refractivity contribution in [1.82, 2.24) is 10.3 Å². The molecule has 0 aliphatic carbocycles. The van der Waals surface area contributed by atoms with Gasteiger partial charge in [0.15, 0.2) is 0 Å². The van der Waals surface area contributed by atoms with E-state index in [4.69, 9.17) is 9.47 Å². The number of carbonyl (C=O) groups is 2. The first kappa shape index (κ1) is 22.2. The van der Waals surface area contributed by atoms with Crippen molar-refractivity contribution in [3.05, 3.63) is 65.9 Å². The number of nitrogens with one attached hydrogen (secondary N) is 2. The molecule has 3 aromatic rings. The van der Waals surface area contributed by atoms with Crippen molar-refractivity contribution in [1.29, 1.82) is 0 Å². The normalized spacial score (nSPS) is 12.4. The molecule has 0 bridgehead atoms. The average molecular weight is 434 g/mol. The van der Waals surface area contributed by atoms with Crippen LogP contribution in [0.3, 0.4) is 0 Å². The maximum absolute atomic E-state index is 12.7. The van der Waals surface area contributed by atoms with Crippen LogP contribution in [0.25, 0.3) is 10.9 Å². The predicted molar refractivity (Wildman–Crippen MR) is 108 cm³/mol. The molecule has 3 rings (SSSR count). The molecule has 1 atom stereocenters. The molecular formula is C22H21F3N2O4. The lowest BCUT2D eigenvalue weighted by Crippen LogP contribution is -2.42. The molecule has 1 amide bonds. The number of halogens is 3. The minimum Gasteiger partial charge on any atom is -0.496 e. The number of fused-ring (bicyclic) bond motifs is 1. The predicted octanol–water partition coefficient (Wildman–Crippen LogP) is 4.36. The van der Waals surface area contributed by atoms with Crippen molar-refractivity contribution in [2.75, 3.05) is 7.11 Å². The van der Waals surface area contributed by atoms with E-state index in [9.17, 15) is 22.8 Å². The van der Waals surface area contributed by atoms with Gasteiger partial charge in [-0.3, -0.25) is 4.79 Å². The zero-order chi connectivity index (χ0) is 22.4. The van der Waals surface area contributed by atoms with E-state index in [1.165, 1.54) is 13.2 Å². The average Bonchev–Trinajstić information content (AvgIpc) is 3.19. The molecule has 1 aromatic heterocycles. The summed E-state index contributed by atoms with van der Waals surface area (Å²) in [5, 5.41) is 2.99. The lowest BCUT2D eigenvalue weighted by molar-refractivity contribution is -0.151. The lowest BCUT2D eigenvalue weighted by Gasteiger charge is -2.18. The summed E-state index contributed by atoms with van der Waals surface area (Å²) in [7, 11) is 1.48. The molecule has 0 saturated heterocycles. The minimum absolute atomic E-state index is 0.0902. The van der Waals surface area contributed by atoms with Crippen LogP contribution >= 0.6 is 0 Å². The van der Waals surface area contributed by atoms with Crippen molar-refractivity contribution in [2.45, 2.75) is 31.7 Å². The first-order valence-corrected chi connectivity index (χ1v) is 9.51. The van der Waals surface area contributed by atoms with Gasteiger partial charge < -0.3 is 19.8 Å². The number of aromatic nitrogens is 1. The Balaban J connectivity index is 1.73. The van der Waals surface area contributed by atoms with Gasteiger partial charge in [-0.2, -0.15) is 13.2 Å². The van der Waals surface area contributed by atoms with E-state index in [1.54, 1.807) is 48.5 Å². The Labute approximate surface area is 176 Å². The highest BCUT2D eigenvalue weighted by atomic mass is 19.4. The second kappa shape index (κ2) is 9.55. The number of carbonyl (C=O) groups excluding carboxylic acids is 2. The Hall–Kier alpha value is -3.49. The molecule has 0 aliphatic heterocycles. The molecule has 0 fully saturated rings. The summed E-state index contributed by atoms with van der Waals surface area (Å²) < 4.78 is 48.6. The van der Waals surface area contributed by atoms with E-state index < -0.39 is 36.9 Å². The molecular weight excluding hydrogens is 413 g/mol. The monoisotopic (exact) mass is 434 g/mol. The van der Waals surface area contributed by atoms with Crippen LogP contribution in [0.15, 0.2) is 54.6 Å². The number of ether oxygens (including phenoxy) is 2. The number of alkyl halides is 3. The van der Waals surface area contributed by atoms with Gasteiger partial charge in [-0.25, -0.2) is 4.79 Å². The Bertz CT molecular complexity index is 1050. The van der Waals surface area contributed by atoms with Crippen LogP contribution in [-0.2, 0) is 16.1 Å². The van der Waals surface area contributed by atoms with E-state index >= 15 is 0 Å². The van der Waals surface area contributed by atoms with Gasteiger partial charge in [0.1, 0.15) is 24.1 Å². The Morgan fingerprint density at radius 1 is 1.10 bits per heavy atom. The summed E-state index contributed by atoms with van der Waals surface area (Å²) in [6.45, 7) is -0.109. The van der Waals surface area contributed by atoms with E-state index in [0.29, 0.717) is 22.2 Å². The number of H-pyrrole nitrogens is 1. The SMILES string of the molecule is COc1cccc2[nH]c(C(=O)N[C@@H](CCC(F)(F)F)C(=O)OCc3ccccc3)cc12. The second-order valence-electron chi connectivity index (χ2n) is 6.88. The summed E-state index contributed by atoms with van der Waals surface area (Å²) in [5.41, 5.74) is 1.38. The van der Waals surface area contributed by atoms with Gasteiger partial charge in [0.25, 0.3) is 5.91 Å². The largest absolute Gasteiger partial charge is 0.496 e. The molecule has 2 N–H and O–H groups in total. The number of esters is 1. The van der Waals surface area contributed by atoms with Crippen molar-refractivity contribution < 1.29 is 32.2 Å². The topological polar surface area (TPSA) is 80.4 Å². The van der Waals surface area contributed by atoms with Crippen molar-refractivity contribution >= 4 is 22.8 Å². The summed E-state index contributed by atoms with van der Waals surface area (Å²) in [6, 6.07) is 13.9. The fourth-order valence-electron chi connectivity index (χ4n) is 3.05. The van der Waals surface area contributed by atoms with Crippen LogP contribution in [0.1, 0.15) is 28.9 Å². The quantitative estimate of drug-likeness (QED) is 0.517. The fourth-order valence-corrected chi connectivity index (χ4v) is 3.05. The molecule has 0 spiro atoms. The van der Waals surface area contributed by atoms with Gasteiger partial charge in [0.2, 0.25) is 0 Å². The van der Waals surface area contributed by atoms with Crippen LogP contribution in [0, 0.1) is 0 Å². The van der Waals surface area contributed by atoms with Gasteiger partial charge in [0, 0.05) is 17.3 Å². The number of hydrogen-bond acceptors (Lipinski definition) is 4. The van der Waals surface area contributed by atoms with Crippen LogP contribution in [0.5, 0.6) is 5.75 Å². The third kappa shape index (κ3) is 6.00. The summed E-state index contributed by atoms with van der Waals surface area (Å²) in [6.07, 6.45) is -6.34. The molecule has 31 heavy (non-hydrogen) atoms. The highest BCUT2D eigenvalue weighted by molar-refractivity contribution is 6.01. The van der Waals surface area contributed by atoms with Gasteiger partial charge in [0.05, 0.1) is 7.11 Å². The lowest BCUT2D eigenvalue weighted by atomic mass is 10.1. The zero-order valence-corrected chi connectivity index (χ0v) is 16.7. The fraction of sp³-hybridized carbons (Fsp3) is 0.273. The highest BCUT2D eigenvalue weighted by Gasteiger charge is 2.32. The standard InChI is InChI=1S/C22H21F3N2O4/c1-30-19-9-5-8-16-15(19)12-18(26-16)20(28)27-17(10-11-22(23,24)25)21(29)31-13-14-6-3-2-4-7-14/h2-9,12,17,26H,10-11,13H2,1H3,(H,27,28)/t17-/m0/s1. The minimum atomic E-state index is -4.48. The highest BCUT2D eigenvalue weighted by Crippen LogP contribution is 2.26. The number of aromatic amines is 1. The summed E-state index contributed by atoms with van der Waals surface area (Å²) in [4.78, 5) is 28.0. The van der Waals surface area contributed by atoms with Gasteiger partial charge in [-0.05, 0) is 30.2 Å². The van der Waals surface area contributed by atoms with Crippen molar-refractivity contribution in [3.8, 4) is 5.75 Å². The first-order chi connectivity index (χ1) is 14.8. The van der Waals surface area contributed by atoms with Crippen LogP contribution in [0.4, 0.5) is 13.2 Å². The Morgan fingerprint density at radius 2 is 1.84 bits per heavy atom. The molecule has 2 aromatic carbocycles. The number of benzene rings is 2. The van der Waals surface area contributed by atoms with Gasteiger partial charge in [-0.1, -0.05) is 36.4 Å². The van der Waals surface area contributed by atoms with Crippen LogP contribution in [0.2, 0.25) is 0 Å². The van der Waals surface area contributed by atoms with Crippen LogP contribution in [-0.4, -0.2) is 36.2 Å².